The number of ether oxygens (including phenoxy) is 18. The fraction of sp³-hybridized carbons (Fsp3) is 0.833. The molecule has 0 spiro atoms. The molecule has 34 heteroatoms. The van der Waals surface area contributed by atoms with Crippen LogP contribution in [-0.2, 0) is 85.3 Å². The first kappa shape index (κ1) is 82.2. The lowest BCUT2D eigenvalue weighted by atomic mass is 10.3. The van der Waals surface area contributed by atoms with Crippen LogP contribution in [0.15, 0.2) is 0 Å². The molecule has 0 saturated heterocycles. The van der Waals surface area contributed by atoms with Crippen molar-refractivity contribution in [3.8, 4) is 0 Å². The van der Waals surface area contributed by atoms with Crippen molar-refractivity contribution in [2.75, 3.05) is 132 Å². The molecule has 0 aromatic carbocycles. The minimum atomic E-state index is -0.895. The molecular weight excluding hydrogens is 1120 g/mol. The van der Waals surface area contributed by atoms with Crippen molar-refractivity contribution >= 4 is 49.2 Å². The first-order valence-corrected chi connectivity index (χ1v) is 25.6. The van der Waals surface area contributed by atoms with Crippen molar-refractivity contribution in [2.45, 2.75) is 130 Å². The zero-order chi connectivity index (χ0) is 62.9. The average Bonchev–Trinajstić information content (AvgIpc) is 3.40. The number of unbranched alkanes of at least 4 members (excludes halogenated alkanes) is 2. The van der Waals surface area contributed by atoms with Gasteiger partial charge in [0.05, 0.1) is 104 Å². The van der Waals surface area contributed by atoms with E-state index in [0.29, 0.717) is 25.7 Å². The van der Waals surface area contributed by atoms with Crippen LogP contribution in [0.25, 0.3) is 0 Å². The van der Waals surface area contributed by atoms with Crippen LogP contribution in [0.4, 0.5) is 38.4 Å². The predicted molar refractivity (Wildman–Crippen MR) is 272 cm³/mol. The Kier molecular flexibility index (Phi) is 58.1. The standard InChI is InChI=1S/C14H26O9.C12H22O9.C12H22O8.C10H18O8/c1-9(15)5-20-13(17)22-11(3)7-19-8-12(4)23-14(18)21-6-10(2)16;1-9(20-11(15)18-5-3-13)7-17-8-10(2)21-12(16)19-6-4-14;1-9(13)7-19-11(15)17-5-3-4-6-18-12(16)20-8-10(2)14;11-3-7-17-9(13)15-5-1-2-6-16-10(14)18-8-4-12/h9-12,15-16H,5-8H2,1-4H3;9-10,13-14H,3-8H2,1-2H3;9-10,13-14H,3-8H2,1-2H3;11-12H,1-8H2. The van der Waals surface area contributed by atoms with Crippen LogP contribution >= 0.6 is 0 Å². The Morgan fingerprint density at radius 1 is 0.256 bits per heavy atom. The molecule has 0 amide bonds. The quantitative estimate of drug-likeness (QED) is 0.0248. The second kappa shape index (κ2) is 58.0. The molecule has 34 nitrogen and oxygen atoms in total. The van der Waals surface area contributed by atoms with Crippen molar-refractivity contribution in [1.82, 2.24) is 0 Å². The molecule has 82 heavy (non-hydrogen) atoms. The van der Waals surface area contributed by atoms with Gasteiger partial charge < -0.3 is 126 Å². The van der Waals surface area contributed by atoms with Gasteiger partial charge in [0.25, 0.3) is 0 Å². The summed E-state index contributed by atoms with van der Waals surface area (Å²) in [7, 11) is 0. The number of aliphatic hydroxyl groups excluding tert-OH is 8. The maximum atomic E-state index is 11.2. The van der Waals surface area contributed by atoms with Crippen LogP contribution in [-0.4, -0.2) is 271 Å². The molecule has 0 aliphatic heterocycles. The SMILES string of the molecule is CC(COCC(C)OC(=O)OCCO)OC(=O)OCCO.CC(O)COC(=O)OC(C)COCC(C)OC(=O)OCC(C)O.CC(O)COC(=O)OCCCCOC(=O)OCC(C)O.O=C(OCCO)OCCCCOC(=O)OCCO. The highest BCUT2D eigenvalue weighted by molar-refractivity contribution is 5.62. The number of rotatable bonds is 38. The van der Waals surface area contributed by atoms with Gasteiger partial charge in [0.1, 0.15) is 77.3 Å². The molecule has 0 rings (SSSR count). The Bertz CT molecular complexity index is 1490. The normalized spacial score (nSPS) is 13.2. The Labute approximate surface area is 475 Å². The summed E-state index contributed by atoms with van der Waals surface area (Å²) in [5.41, 5.74) is 0. The van der Waals surface area contributed by atoms with Crippen molar-refractivity contribution in [2.24, 2.45) is 0 Å². The number of hydrogen-bond donors (Lipinski definition) is 8. The van der Waals surface area contributed by atoms with Gasteiger partial charge in [-0.25, -0.2) is 38.4 Å². The fourth-order valence-corrected chi connectivity index (χ4v) is 4.20. The summed E-state index contributed by atoms with van der Waals surface area (Å²) in [5, 5.41) is 69.3. The van der Waals surface area contributed by atoms with E-state index < -0.39 is 98.1 Å². The smallest absolute Gasteiger partial charge is 0.434 e. The molecular formula is C48H88O34. The first-order chi connectivity index (χ1) is 38.8. The third-order valence-electron chi connectivity index (χ3n) is 7.57. The molecule has 0 fully saturated rings. The molecule has 0 aliphatic carbocycles. The Morgan fingerprint density at radius 3 is 0.634 bits per heavy atom. The van der Waals surface area contributed by atoms with Crippen LogP contribution in [0.5, 0.6) is 0 Å². The molecule has 0 aliphatic rings. The van der Waals surface area contributed by atoms with Crippen LogP contribution in [0.2, 0.25) is 0 Å². The maximum absolute atomic E-state index is 11.2. The molecule has 8 atom stereocenters. The van der Waals surface area contributed by atoms with Gasteiger partial charge in [-0.05, 0) is 81.1 Å². The molecule has 484 valence electrons. The van der Waals surface area contributed by atoms with Gasteiger partial charge in [-0.2, -0.15) is 0 Å². The summed E-state index contributed by atoms with van der Waals surface area (Å²) in [6, 6.07) is 0. The number of carbonyl (C=O) groups excluding carboxylic acids is 8. The second-order valence-corrected chi connectivity index (χ2v) is 16.5. The summed E-state index contributed by atoms with van der Waals surface area (Å²) >= 11 is 0. The van der Waals surface area contributed by atoms with Crippen LogP contribution in [0, 0.1) is 0 Å². The molecule has 0 saturated carbocycles. The maximum Gasteiger partial charge on any atom is 0.508 e. The van der Waals surface area contributed by atoms with Gasteiger partial charge in [0.2, 0.25) is 0 Å². The van der Waals surface area contributed by atoms with Crippen molar-refractivity contribution in [1.29, 1.82) is 0 Å². The average molecular weight is 1210 g/mol. The number of aliphatic hydroxyl groups is 8. The Hall–Kier alpha value is -6.24. The van der Waals surface area contributed by atoms with E-state index >= 15 is 0 Å². The molecule has 0 aromatic heterocycles. The zero-order valence-electron chi connectivity index (χ0n) is 47.8. The Morgan fingerprint density at radius 2 is 0.427 bits per heavy atom. The summed E-state index contributed by atoms with van der Waals surface area (Å²) in [6.07, 6.45) is -10.2. The van der Waals surface area contributed by atoms with Gasteiger partial charge >= 0.3 is 49.2 Å². The van der Waals surface area contributed by atoms with Crippen molar-refractivity contribution in [3.63, 3.8) is 0 Å². The zero-order valence-corrected chi connectivity index (χ0v) is 47.8. The van der Waals surface area contributed by atoms with E-state index in [9.17, 15) is 38.4 Å². The molecule has 8 unspecified atom stereocenters. The lowest BCUT2D eigenvalue weighted by Gasteiger charge is -2.17. The van der Waals surface area contributed by atoms with Gasteiger partial charge in [0, 0.05) is 0 Å². The Balaban J connectivity index is -0.000000496. The van der Waals surface area contributed by atoms with E-state index in [1.54, 1.807) is 27.7 Å². The largest absolute Gasteiger partial charge is 0.508 e. The molecule has 0 heterocycles. The lowest BCUT2D eigenvalue weighted by Crippen LogP contribution is -2.27. The van der Waals surface area contributed by atoms with E-state index in [-0.39, 0.29) is 132 Å². The molecule has 0 radical (unpaired) electrons. The third-order valence-corrected chi connectivity index (χ3v) is 7.57. The van der Waals surface area contributed by atoms with E-state index in [4.69, 9.17) is 78.7 Å². The predicted octanol–water partition coefficient (Wildman–Crippen LogP) is 1.81. The van der Waals surface area contributed by atoms with Crippen molar-refractivity contribution < 1.29 is 164 Å². The fourth-order valence-electron chi connectivity index (χ4n) is 4.20. The van der Waals surface area contributed by atoms with Crippen LogP contribution in [0.3, 0.4) is 0 Å². The van der Waals surface area contributed by atoms with Gasteiger partial charge in [0.15, 0.2) is 0 Å². The first-order valence-electron chi connectivity index (χ1n) is 25.6. The lowest BCUT2D eigenvalue weighted by molar-refractivity contribution is -0.0468. The summed E-state index contributed by atoms with van der Waals surface area (Å²) < 4.78 is 84.8. The monoisotopic (exact) mass is 1210 g/mol. The van der Waals surface area contributed by atoms with E-state index in [2.05, 4.69) is 47.4 Å². The topological polar surface area (TPSA) is 465 Å². The minimum Gasteiger partial charge on any atom is -0.434 e. The molecule has 0 bridgehead atoms. The van der Waals surface area contributed by atoms with E-state index in [0.717, 1.165) is 0 Å². The van der Waals surface area contributed by atoms with Crippen molar-refractivity contribution in [3.05, 3.63) is 0 Å². The van der Waals surface area contributed by atoms with Gasteiger partial charge in [-0.1, -0.05) is 0 Å². The summed E-state index contributed by atoms with van der Waals surface area (Å²) in [4.78, 5) is 88.0. The number of hydrogen-bond acceptors (Lipinski definition) is 34. The second-order valence-electron chi connectivity index (χ2n) is 16.5. The van der Waals surface area contributed by atoms with E-state index in [1.165, 1.54) is 27.7 Å². The third kappa shape index (κ3) is 68.0. The van der Waals surface area contributed by atoms with Gasteiger partial charge in [-0.3, -0.25) is 0 Å². The number of carbonyl (C=O) groups is 8. The molecule has 8 N–H and O–H groups in total. The highest BCUT2D eigenvalue weighted by Gasteiger charge is 2.17. The minimum absolute atomic E-state index is 0.0835. The van der Waals surface area contributed by atoms with E-state index in [1.807, 2.05) is 0 Å². The highest BCUT2D eigenvalue weighted by Crippen LogP contribution is 2.03. The summed E-state index contributed by atoms with van der Waals surface area (Å²) in [5.74, 6) is 0. The molecule has 0 aromatic rings. The summed E-state index contributed by atoms with van der Waals surface area (Å²) in [6.45, 7) is 11.2. The highest BCUT2D eigenvalue weighted by atomic mass is 16.8. The van der Waals surface area contributed by atoms with Crippen LogP contribution < -0.4 is 0 Å². The van der Waals surface area contributed by atoms with Gasteiger partial charge in [-0.15, -0.1) is 0 Å². The van der Waals surface area contributed by atoms with Crippen LogP contribution in [0.1, 0.15) is 81.1 Å².